The molecule has 226 valence electrons. The van der Waals surface area contributed by atoms with Crippen LogP contribution in [0.3, 0.4) is 0 Å². The number of halogens is 5. The van der Waals surface area contributed by atoms with Crippen molar-refractivity contribution in [2.45, 2.75) is 70.3 Å². The number of ether oxygens (including phenoxy) is 2. The minimum absolute atomic E-state index is 0.0663. The molecule has 6 nitrogen and oxygen atoms in total. The number of carbonyl (C=O) groups excluding carboxylic acids is 1. The Hall–Kier alpha value is -3.34. The summed E-state index contributed by atoms with van der Waals surface area (Å²) in [6.07, 6.45) is 2.59. The highest BCUT2D eigenvalue weighted by Crippen LogP contribution is 2.50. The Kier molecular flexibility index (Phi) is 10.0. The smallest absolute Gasteiger partial charge is 0.387 e. The van der Waals surface area contributed by atoms with Crippen LogP contribution in [0.5, 0.6) is 11.5 Å². The number of primary amides is 1. The average Bonchev–Trinajstić information content (AvgIpc) is 3.35. The van der Waals surface area contributed by atoms with Crippen molar-refractivity contribution in [1.29, 1.82) is 0 Å². The summed E-state index contributed by atoms with van der Waals surface area (Å²) in [5.74, 6) is -4.14. The first kappa shape index (κ1) is 31.6. The molecule has 5 rings (SSSR count). The predicted octanol–water partition coefficient (Wildman–Crippen LogP) is 6.74. The molecule has 1 fully saturated rings. The van der Waals surface area contributed by atoms with Crippen LogP contribution in [0.1, 0.15) is 61.0 Å². The molecule has 3 aromatic carbocycles. The first-order valence-electron chi connectivity index (χ1n) is 13.8. The Morgan fingerprint density at radius 1 is 1.12 bits per heavy atom. The predicted molar refractivity (Wildman–Crippen MR) is 152 cm³/mol. The van der Waals surface area contributed by atoms with E-state index in [1.165, 1.54) is 0 Å². The number of rotatable bonds is 8. The molecule has 0 aromatic heterocycles. The van der Waals surface area contributed by atoms with Crippen molar-refractivity contribution >= 4 is 17.5 Å². The fourth-order valence-electron chi connectivity index (χ4n) is 5.59. The molecule has 3 aromatic rings. The van der Waals surface area contributed by atoms with E-state index in [1.807, 2.05) is 44.2 Å². The molecule has 1 saturated carbocycles. The number of aliphatic hydroxyl groups is 1. The van der Waals surface area contributed by atoms with Crippen LogP contribution in [0.25, 0.3) is 11.1 Å². The van der Waals surface area contributed by atoms with E-state index in [0.29, 0.717) is 12.8 Å². The van der Waals surface area contributed by atoms with Gasteiger partial charge in [-0.3, -0.25) is 4.79 Å². The van der Waals surface area contributed by atoms with Crippen molar-refractivity contribution in [3.63, 3.8) is 0 Å². The van der Waals surface area contributed by atoms with Crippen molar-refractivity contribution in [3.8, 4) is 22.6 Å². The van der Waals surface area contributed by atoms with Gasteiger partial charge in [-0.15, -0.1) is 0 Å². The summed E-state index contributed by atoms with van der Waals surface area (Å²) in [6.45, 7) is 0.932. The summed E-state index contributed by atoms with van der Waals surface area (Å²) < 4.78 is 67.7. The first-order valence-corrected chi connectivity index (χ1v) is 14.2. The van der Waals surface area contributed by atoms with Gasteiger partial charge in [0.2, 0.25) is 5.91 Å². The monoisotopic (exact) mass is 608 g/mol. The van der Waals surface area contributed by atoms with E-state index in [9.17, 15) is 18.7 Å². The number of hydrogen-bond donors (Lipinski definition) is 3. The number of fused-ring (bicyclic) bond motifs is 1. The van der Waals surface area contributed by atoms with E-state index in [-0.39, 0.29) is 47.6 Å². The molecular formula is C31H33ClF4N2O4. The summed E-state index contributed by atoms with van der Waals surface area (Å²) in [4.78, 5) is 12.3. The lowest BCUT2D eigenvalue weighted by molar-refractivity contribution is -0.0521. The normalized spacial score (nSPS) is 21.3. The van der Waals surface area contributed by atoms with Crippen molar-refractivity contribution in [2.75, 3.05) is 6.54 Å². The van der Waals surface area contributed by atoms with Crippen LogP contribution in [0.4, 0.5) is 17.6 Å². The van der Waals surface area contributed by atoms with Gasteiger partial charge in [0, 0.05) is 41.8 Å². The maximum Gasteiger partial charge on any atom is 0.387 e. The Bertz CT molecular complexity index is 1420. The van der Waals surface area contributed by atoms with Gasteiger partial charge in [0.25, 0.3) is 0 Å². The average molecular weight is 609 g/mol. The second-order valence-electron chi connectivity index (χ2n) is 10.1. The van der Waals surface area contributed by atoms with E-state index in [1.54, 1.807) is 0 Å². The summed E-state index contributed by atoms with van der Waals surface area (Å²) in [7, 11) is 0. The van der Waals surface area contributed by atoms with Gasteiger partial charge in [-0.05, 0) is 43.4 Å². The molecule has 1 heterocycles. The van der Waals surface area contributed by atoms with Crippen LogP contribution >= 0.6 is 11.6 Å². The number of benzene rings is 3. The Labute approximate surface area is 246 Å². The second-order valence-corrected chi connectivity index (χ2v) is 10.5. The number of nitrogens with two attached hydrogens (primary N) is 1. The lowest BCUT2D eigenvalue weighted by atomic mass is 9.84. The topological polar surface area (TPSA) is 93.8 Å². The first-order chi connectivity index (χ1) is 20.1. The molecule has 0 saturated heterocycles. The van der Waals surface area contributed by atoms with Crippen molar-refractivity contribution < 1.29 is 36.9 Å². The molecule has 0 radical (unpaired) electrons. The number of nitrogens with one attached hydrogen (secondary N) is 1. The highest BCUT2D eigenvalue weighted by atomic mass is 35.5. The summed E-state index contributed by atoms with van der Waals surface area (Å²) in [6, 6.07) is 12.3. The molecule has 11 heteroatoms. The van der Waals surface area contributed by atoms with Gasteiger partial charge < -0.3 is 25.6 Å². The fourth-order valence-corrected chi connectivity index (χ4v) is 5.85. The van der Waals surface area contributed by atoms with E-state index in [2.05, 4.69) is 10.1 Å². The molecule has 42 heavy (non-hydrogen) atoms. The van der Waals surface area contributed by atoms with Gasteiger partial charge in [-0.25, -0.2) is 8.78 Å². The SMILES string of the molecule is CC.NC(=O)c1ccc(OC(F)F)c(F)c1-c1c(Cl)c(F)cc2c1C[C@@](CNC1CCC(O)CC1)(c1ccccc1)O2. The number of alkyl halides is 2. The molecule has 0 spiro atoms. The molecule has 0 bridgehead atoms. The standard InChI is InChI=1S/C29H27ClF4N2O4.C2H6/c30-25-20(31)12-22-19(23(25)24-18(27(35)38)10-11-21(26(24)32)39-28(33)34)13-29(40-22,15-4-2-1-3-5-15)14-36-16-6-8-17(37)9-7-16;1-2/h1-5,10-12,16-17,28,36-37H,6-9,13-14H2,(H2,35,38);1-2H3/t16?,17?,29-;/m1./s1. The maximum atomic E-state index is 15.7. The quantitative estimate of drug-likeness (QED) is 0.246. The third kappa shape index (κ3) is 6.35. The molecule has 1 aliphatic heterocycles. The minimum Gasteiger partial charge on any atom is -0.480 e. The maximum absolute atomic E-state index is 15.7. The van der Waals surface area contributed by atoms with Gasteiger partial charge in [-0.1, -0.05) is 55.8 Å². The Balaban J connectivity index is 0.00000198. The van der Waals surface area contributed by atoms with Crippen molar-refractivity contribution in [2.24, 2.45) is 5.73 Å². The van der Waals surface area contributed by atoms with Crippen LogP contribution in [-0.4, -0.2) is 36.3 Å². The largest absolute Gasteiger partial charge is 0.480 e. The summed E-state index contributed by atoms with van der Waals surface area (Å²) >= 11 is 6.39. The molecule has 1 aliphatic carbocycles. The Morgan fingerprint density at radius 2 is 1.79 bits per heavy atom. The van der Waals surface area contributed by atoms with Gasteiger partial charge in [0.1, 0.15) is 11.6 Å². The van der Waals surface area contributed by atoms with Gasteiger partial charge >= 0.3 is 6.61 Å². The zero-order chi connectivity index (χ0) is 30.6. The van der Waals surface area contributed by atoms with Crippen LogP contribution in [0, 0.1) is 11.6 Å². The molecule has 1 atom stereocenters. The molecule has 1 amide bonds. The van der Waals surface area contributed by atoms with Crippen LogP contribution < -0.4 is 20.5 Å². The third-order valence-electron chi connectivity index (χ3n) is 7.56. The van der Waals surface area contributed by atoms with Crippen LogP contribution in [0.2, 0.25) is 5.02 Å². The highest BCUT2D eigenvalue weighted by Gasteiger charge is 2.44. The minimum atomic E-state index is -3.35. The number of amides is 1. The fraction of sp³-hybridized carbons (Fsp3) is 0.387. The summed E-state index contributed by atoms with van der Waals surface area (Å²) in [5.41, 5.74) is 4.30. The van der Waals surface area contributed by atoms with E-state index >= 15 is 8.78 Å². The number of hydrogen-bond acceptors (Lipinski definition) is 5. The number of carbonyl (C=O) groups is 1. The van der Waals surface area contributed by atoms with Crippen LogP contribution in [-0.2, 0) is 12.0 Å². The van der Waals surface area contributed by atoms with Gasteiger partial charge in [0.05, 0.1) is 16.7 Å². The van der Waals surface area contributed by atoms with Crippen molar-refractivity contribution in [1.82, 2.24) is 5.32 Å². The van der Waals surface area contributed by atoms with E-state index < -0.39 is 46.1 Å². The second kappa shape index (κ2) is 13.3. The zero-order valence-corrected chi connectivity index (χ0v) is 24.0. The third-order valence-corrected chi connectivity index (χ3v) is 7.93. The van der Waals surface area contributed by atoms with Crippen molar-refractivity contribution in [3.05, 3.63) is 81.9 Å². The van der Waals surface area contributed by atoms with Crippen LogP contribution in [0.15, 0.2) is 48.5 Å². The van der Waals surface area contributed by atoms with Gasteiger partial charge in [-0.2, -0.15) is 8.78 Å². The van der Waals surface area contributed by atoms with Gasteiger partial charge in [0.15, 0.2) is 17.2 Å². The van der Waals surface area contributed by atoms with E-state index in [0.717, 1.165) is 36.6 Å². The molecular weight excluding hydrogens is 576 g/mol. The summed E-state index contributed by atoms with van der Waals surface area (Å²) in [5, 5.41) is 12.9. The molecule has 0 unspecified atom stereocenters. The molecule has 2 aliphatic rings. The lowest BCUT2D eigenvalue weighted by Gasteiger charge is -2.34. The zero-order valence-electron chi connectivity index (χ0n) is 23.2. The highest BCUT2D eigenvalue weighted by molar-refractivity contribution is 6.34. The number of aliphatic hydroxyl groups excluding tert-OH is 1. The van der Waals surface area contributed by atoms with E-state index in [4.69, 9.17) is 22.1 Å². The lowest BCUT2D eigenvalue weighted by Crippen LogP contribution is -2.46. The Morgan fingerprint density at radius 3 is 2.40 bits per heavy atom. The molecule has 4 N–H and O–H groups in total.